The zero-order valence-corrected chi connectivity index (χ0v) is 12.1. The molecule has 0 spiro atoms. The fourth-order valence-electron chi connectivity index (χ4n) is 2.49. The van der Waals surface area contributed by atoms with E-state index in [9.17, 15) is 0 Å². The van der Waals surface area contributed by atoms with Crippen LogP contribution in [0, 0.1) is 6.92 Å². The van der Waals surface area contributed by atoms with Crippen LogP contribution in [-0.4, -0.2) is 56.3 Å². The smallest absolute Gasteiger partial charge is 0.131 e. The Balaban J connectivity index is 1.66. The number of anilines is 1. The maximum atomic E-state index is 5.36. The molecule has 106 valence electrons. The number of nitrogens with zero attached hydrogens (tertiary/aromatic N) is 3. The van der Waals surface area contributed by atoms with E-state index in [-0.39, 0.29) is 0 Å². The molecule has 0 atom stereocenters. The molecule has 0 bridgehead atoms. The second-order valence-electron chi connectivity index (χ2n) is 5.23. The Hall–Kier alpha value is -1.13. The molecule has 1 aliphatic rings. The predicted octanol–water partition coefficient (Wildman–Crippen LogP) is 1.94. The number of morpholine rings is 1. The molecule has 1 aliphatic heterocycles. The van der Waals surface area contributed by atoms with E-state index in [2.05, 4.69) is 34.8 Å². The van der Waals surface area contributed by atoms with E-state index in [1.54, 1.807) is 0 Å². The summed E-state index contributed by atoms with van der Waals surface area (Å²) in [6.07, 6.45) is 4.33. The van der Waals surface area contributed by atoms with E-state index in [0.29, 0.717) is 0 Å². The van der Waals surface area contributed by atoms with Crippen LogP contribution in [0.2, 0.25) is 0 Å². The number of pyridine rings is 1. The van der Waals surface area contributed by atoms with Crippen LogP contribution in [0.25, 0.3) is 0 Å². The van der Waals surface area contributed by atoms with Gasteiger partial charge < -0.3 is 9.64 Å². The average molecular weight is 263 g/mol. The molecule has 4 nitrogen and oxygen atoms in total. The van der Waals surface area contributed by atoms with Gasteiger partial charge in [0.25, 0.3) is 0 Å². The second-order valence-corrected chi connectivity index (χ2v) is 5.23. The van der Waals surface area contributed by atoms with Gasteiger partial charge in [-0.2, -0.15) is 0 Å². The minimum absolute atomic E-state index is 0.896. The lowest BCUT2D eigenvalue weighted by Crippen LogP contribution is -2.37. The highest BCUT2D eigenvalue weighted by molar-refractivity contribution is 5.44. The summed E-state index contributed by atoms with van der Waals surface area (Å²) >= 11 is 0. The third-order valence-electron chi connectivity index (χ3n) is 3.66. The number of ether oxygens (including phenoxy) is 1. The van der Waals surface area contributed by atoms with Crippen LogP contribution >= 0.6 is 0 Å². The van der Waals surface area contributed by atoms with Crippen molar-refractivity contribution >= 4 is 5.82 Å². The summed E-state index contributed by atoms with van der Waals surface area (Å²) < 4.78 is 5.36. The predicted molar refractivity (Wildman–Crippen MR) is 78.7 cm³/mol. The van der Waals surface area contributed by atoms with Crippen molar-refractivity contribution in [1.82, 2.24) is 9.88 Å². The Morgan fingerprint density at radius 3 is 2.84 bits per heavy atom. The number of aryl methyl sites for hydroxylation is 1. The highest BCUT2D eigenvalue weighted by Gasteiger charge is 2.10. The molecular formula is C15H25N3O. The first kappa shape index (κ1) is 14.3. The van der Waals surface area contributed by atoms with Crippen molar-refractivity contribution in [3.63, 3.8) is 0 Å². The van der Waals surface area contributed by atoms with Gasteiger partial charge in [0.05, 0.1) is 13.2 Å². The number of hydrogen-bond acceptors (Lipinski definition) is 4. The number of hydrogen-bond donors (Lipinski definition) is 0. The van der Waals surface area contributed by atoms with Crippen molar-refractivity contribution in [2.75, 3.05) is 51.3 Å². The summed E-state index contributed by atoms with van der Waals surface area (Å²) in [6.45, 7) is 8.36. The molecule has 19 heavy (non-hydrogen) atoms. The molecule has 0 unspecified atom stereocenters. The van der Waals surface area contributed by atoms with E-state index in [4.69, 9.17) is 4.74 Å². The van der Waals surface area contributed by atoms with Gasteiger partial charge in [-0.25, -0.2) is 4.98 Å². The highest BCUT2D eigenvalue weighted by Crippen LogP contribution is 2.14. The quantitative estimate of drug-likeness (QED) is 0.733. The summed E-state index contributed by atoms with van der Waals surface area (Å²) in [5.74, 6) is 1.11. The van der Waals surface area contributed by atoms with Gasteiger partial charge in [-0.15, -0.1) is 0 Å². The van der Waals surface area contributed by atoms with Gasteiger partial charge in [0, 0.05) is 32.9 Å². The maximum absolute atomic E-state index is 5.36. The molecular weight excluding hydrogens is 238 g/mol. The molecule has 0 saturated carbocycles. The average Bonchev–Trinajstić information content (AvgIpc) is 2.45. The van der Waals surface area contributed by atoms with Crippen LogP contribution in [0.3, 0.4) is 0 Å². The number of unbranched alkanes of at least 4 members (excludes halogenated alkanes) is 1. The van der Waals surface area contributed by atoms with E-state index < -0.39 is 0 Å². The molecule has 0 aromatic carbocycles. The third kappa shape index (κ3) is 4.48. The molecule has 0 radical (unpaired) electrons. The van der Waals surface area contributed by atoms with Gasteiger partial charge in [-0.3, -0.25) is 4.90 Å². The molecule has 0 amide bonds. The van der Waals surface area contributed by atoms with Gasteiger partial charge in [-0.05, 0) is 37.9 Å². The van der Waals surface area contributed by atoms with Crippen LogP contribution in [0.5, 0.6) is 0 Å². The van der Waals surface area contributed by atoms with E-state index in [1.165, 1.54) is 24.9 Å². The normalized spacial score (nSPS) is 16.5. The van der Waals surface area contributed by atoms with Crippen molar-refractivity contribution in [2.24, 2.45) is 0 Å². The molecule has 1 aromatic rings. The number of rotatable bonds is 6. The van der Waals surface area contributed by atoms with Crippen LogP contribution < -0.4 is 4.90 Å². The molecule has 1 saturated heterocycles. The van der Waals surface area contributed by atoms with E-state index in [1.807, 2.05) is 12.3 Å². The first-order chi connectivity index (χ1) is 9.27. The maximum Gasteiger partial charge on any atom is 0.131 e. The van der Waals surface area contributed by atoms with Gasteiger partial charge in [0.2, 0.25) is 0 Å². The highest BCUT2D eigenvalue weighted by atomic mass is 16.5. The van der Waals surface area contributed by atoms with Crippen molar-refractivity contribution in [1.29, 1.82) is 0 Å². The fraction of sp³-hybridized carbons (Fsp3) is 0.667. The lowest BCUT2D eigenvalue weighted by molar-refractivity contribution is 0.0372. The van der Waals surface area contributed by atoms with Crippen molar-refractivity contribution in [3.05, 3.63) is 23.9 Å². The van der Waals surface area contributed by atoms with Gasteiger partial charge in [0.1, 0.15) is 5.82 Å². The Bertz CT molecular complexity index is 377. The Morgan fingerprint density at radius 2 is 2.11 bits per heavy atom. The fourth-order valence-corrected chi connectivity index (χ4v) is 2.49. The molecule has 2 rings (SSSR count). The van der Waals surface area contributed by atoms with Gasteiger partial charge in [0.15, 0.2) is 0 Å². The Labute approximate surface area is 116 Å². The molecule has 0 N–H and O–H groups in total. The van der Waals surface area contributed by atoms with E-state index >= 15 is 0 Å². The summed E-state index contributed by atoms with van der Waals surface area (Å²) in [7, 11) is 2.13. The molecule has 4 heteroatoms. The van der Waals surface area contributed by atoms with Gasteiger partial charge in [-0.1, -0.05) is 6.07 Å². The molecule has 1 fully saturated rings. The molecule has 2 heterocycles. The monoisotopic (exact) mass is 263 g/mol. The lowest BCUT2D eigenvalue weighted by atomic mass is 10.2. The summed E-state index contributed by atoms with van der Waals surface area (Å²) in [6, 6.07) is 4.11. The SMILES string of the molecule is Cc1cccnc1N(C)CCCCN1CCOCC1. The summed E-state index contributed by atoms with van der Waals surface area (Å²) in [5, 5.41) is 0. The van der Waals surface area contributed by atoms with Crippen molar-refractivity contribution < 1.29 is 4.74 Å². The third-order valence-corrected chi connectivity index (χ3v) is 3.66. The lowest BCUT2D eigenvalue weighted by Gasteiger charge is -2.27. The van der Waals surface area contributed by atoms with Gasteiger partial charge >= 0.3 is 0 Å². The van der Waals surface area contributed by atoms with Crippen molar-refractivity contribution in [3.8, 4) is 0 Å². The topological polar surface area (TPSA) is 28.6 Å². The van der Waals surface area contributed by atoms with Crippen LogP contribution in [0.1, 0.15) is 18.4 Å². The zero-order valence-electron chi connectivity index (χ0n) is 12.1. The summed E-state index contributed by atoms with van der Waals surface area (Å²) in [4.78, 5) is 9.20. The second kappa shape index (κ2) is 7.46. The first-order valence-corrected chi connectivity index (χ1v) is 7.20. The molecule has 0 aliphatic carbocycles. The minimum atomic E-state index is 0.896. The van der Waals surface area contributed by atoms with E-state index in [0.717, 1.165) is 38.7 Å². The van der Waals surface area contributed by atoms with Crippen LogP contribution in [0.4, 0.5) is 5.82 Å². The van der Waals surface area contributed by atoms with Crippen molar-refractivity contribution in [2.45, 2.75) is 19.8 Å². The largest absolute Gasteiger partial charge is 0.379 e. The van der Waals surface area contributed by atoms with Crippen LogP contribution in [-0.2, 0) is 4.74 Å². The standard InChI is InChI=1S/C15H25N3O/c1-14-6-5-7-16-15(14)17(2)8-3-4-9-18-10-12-19-13-11-18/h5-7H,3-4,8-13H2,1-2H3. The zero-order chi connectivity index (χ0) is 13.5. The van der Waals surface area contributed by atoms with Crippen LogP contribution in [0.15, 0.2) is 18.3 Å². The first-order valence-electron chi connectivity index (χ1n) is 7.20. The molecule has 1 aromatic heterocycles. The minimum Gasteiger partial charge on any atom is -0.379 e. The summed E-state index contributed by atoms with van der Waals surface area (Å²) in [5.41, 5.74) is 1.25. The Kier molecular flexibility index (Phi) is 5.61. The Morgan fingerprint density at radius 1 is 1.32 bits per heavy atom. The number of aromatic nitrogens is 1.